The Morgan fingerprint density at radius 1 is 1.27 bits per heavy atom. The summed E-state index contributed by atoms with van der Waals surface area (Å²) in [7, 11) is 0. The molecule has 0 aromatic heterocycles. The van der Waals surface area contributed by atoms with Gasteiger partial charge >= 0.3 is 6.09 Å². The molecule has 0 saturated carbocycles. The molecule has 1 saturated heterocycles. The van der Waals surface area contributed by atoms with Crippen LogP contribution in [0.2, 0.25) is 0 Å². The monoisotopic (exact) mass is 304 g/mol. The Labute approximate surface area is 131 Å². The minimum Gasteiger partial charge on any atom is -0.445 e. The Balaban J connectivity index is 1.83. The molecular weight excluding hydrogens is 280 g/mol. The first kappa shape index (κ1) is 16.3. The van der Waals surface area contributed by atoms with Crippen LogP contribution in [0.3, 0.4) is 0 Å². The zero-order chi connectivity index (χ0) is 15.9. The smallest absolute Gasteiger partial charge is 0.407 e. The first-order valence-corrected chi connectivity index (χ1v) is 7.81. The molecule has 2 rings (SSSR count). The van der Waals surface area contributed by atoms with Crippen LogP contribution in [0, 0.1) is 5.92 Å². The van der Waals surface area contributed by atoms with Gasteiger partial charge in [0, 0.05) is 20.0 Å². The predicted molar refractivity (Wildman–Crippen MR) is 84.2 cm³/mol. The Bertz CT molecular complexity index is 504. The highest BCUT2D eigenvalue weighted by atomic mass is 16.5. The number of nitrogens with zero attached hydrogens (tertiary/aromatic N) is 1. The molecule has 1 heterocycles. The molecule has 22 heavy (non-hydrogen) atoms. The van der Waals surface area contributed by atoms with Gasteiger partial charge in [0.1, 0.15) is 6.61 Å². The summed E-state index contributed by atoms with van der Waals surface area (Å²) in [6.45, 7) is 5.28. The molecule has 1 aliphatic heterocycles. The first-order valence-electron chi connectivity index (χ1n) is 7.81. The van der Waals surface area contributed by atoms with Gasteiger partial charge in [0.2, 0.25) is 5.91 Å². The number of amides is 2. The standard InChI is InChI=1S/C17H24N2O3/c1-3-14-9-16(11-19(10-14)13(2)20)18-17(21)22-12-15-7-5-4-6-8-15/h4-8,14,16H,3,9-12H2,1-2H3,(H,18,21). The van der Waals surface area contributed by atoms with E-state index in [-0.39, 0.29) is 18.6 Å². The third-order valence-corrected chi connectivity index (χ3v) is 4.09. The van der Waals surface area contributed by atoms with Gasteiger partial charge in [0.05, 0.1) is 6.04 Å². The van der Waals surface area contributed by atoms with E-state index in [1.165, 1.54) is 0 Å². The number of rotatable bonds is 4. The second kappa shape index (κ2) is 7.82. The van der Waals surface area contributed by atoms with Gasteiger partial charge in [-0.3, -0.25) is 4.79 Å². The number of carbonyl (C=O) groups is 2. The maximum atomic E-state index is 11.9. The SMILES string of the molecule is CCC1CC(NC(=O)OCc2ccccc2)CN(C(C)=O)C1. The lowest BCUT2D eigenvalue weighted by molar-refractivity contribution is -0.131. The van der Waals surface area contributed by atoms with Crippen molar-refractivity contribution in [2.75, 3.05) is 13.1 Å². The summed E-state index contributed by atoms with van der Waals surface area (Å²) in [6.07, 6.45) is 1.47. The van der Waals surface area contributed by atoms with Crippen LogP contribution in [-0.2, 0) is 16.1 Å². The molecule has 0 radical (unpaired) electrons. The zero-order valence-electron chi connectivity index (χ0n) is 13.2. The summed E-state index contributed by atoms with van der Waals surface area (Å²) < 4.78 is 5.24. The first-order chi connectivity index (χ1) is 10.6. The van der Waals surface area contributed by atoms with Gasteiger partial charge in [-0.05, 0) is 17.9 Å². The average molecular weight is 304 g/mol. The highest BCUT2D eigenvalue weighted by Crippen LogP contribution is 2.20. The Hall–Kier alpha value is -2.04. The minimum atomic E-state index is -0.422. The van der Waals surface area contributed by atoms with Gasteiger partial charge in [-0.1, -0.05) is 43.7 Å². The zero-order valence-corrected chi connectivity index (χ0v) is 13.2. The van der Waals surface area contributed by atoms with E-state index < -0.39 is 6.09 Å². The van der Waals surface area contributed by atoms with Crippen LogP contribution < -0.4 is 5.32 Å². The van der Waals surface area contributed by atoms with Crippen molar-refractivity contribution in [1.82, 2.24) is 10.2 Å². The molecule has 5 nitrogen and oxygen atoms in total. The van der Waals surface area contributed by atoms with E-state index in [9.17, 15) is 9.59 Å². The number of hydrogen-bond donors (Lipinski definition) is 1. The molecule has 0 aliphatic carbocycles. The van der Waals surface area contributed by atoms with E-state index in [1.807, 2.05) is 30.3 Å². The molecule has 2 atom stereocenters. The molecular formula is C17H24N2O3. The Kier molecular flexibility index (Phi) is 5.81. The molecule has 1 N–H and O–H groups in total. The normalized spacial score (nSPS) is 21.3. The number of ether oxygens (including phenoxy) is 1. The van der Waals surface area contributed by atoms with Crippen LogP contribution in [0.4, 0.5) is 4.79 Å². The lowest BCUT2D eigenvalue weighted by atomic mass is 9.92. The van der Waals surface area contributed by atoms with Gasteiger partial charge in [0.15, 0.2) is 0 Å². The van der Waals surface area contributed by atoms with Crippen molar-refractivity contribution in [3.8, 4) is 0 Å². The lowest BCUT2D eigenvalue weighted by Crippen LogP contribution is -2.52. The van der Waals surface area contributed by atoms with Crippen LogP contribution in [0.25, 0.3) is 0 Å². The predicted octanol–water partition coefficient (Wildman–Crippen LogP) is 2.56. The van der Waals surface area contributed by atoms with Gasteiger partial charge in [-0.2, -0.15) is 0 Å². The molecule has 1 aliphatic rings. The summed E-state index contributed by atoms with van der Waals surface area (Å²) in [6, 6.07) is 9.54. The molecule has 0 bridgehead atoms. The number of hydrogen-bond acceptors (Lipinski definition) is 3. The third-order valence-electron chi connectivity index (χ3n) is 4.09. The number of likely N-dealkylation sites (tertiary alicyclic amines) is 1. The maximum Gasteiger partial charge on any atom is 0.407 e. The topological polar surface area (TPSA) is 58.6 Å². The third kappa shape index (κ3) is 4.76. The van der Waals surface area contributed by atoms with E-state index in [0.717, 1.165) is 24.9 Å². The van der Waals surface area contributed by atoms with Crippen LogP contribution >= 0.6 is 0 Å². The molecule has 2 unspecified atom stereocenters. The number of carbonyl (C=O) groups excluding carboxylic acids is 2. The van der Waals surface area contributed by atoms with Gasteiger partial charge < -0.3 is 15.0 Å². The molecule has 0 spiro atoms. The van der Waals surface area contributed by atoms with Crippen molar-refractivity contribution >= 4 is 12.0 Å². The fourth-order valence-electron chi connectivity index (χ4n) is 2.79. The van der Waals surface area contributed by atoms with Crippen molar-refractivity contribution in [3.05, 3.63) is 35.9 Å². The van der Waals surface area contributed by atoms with Gasteiger partial charge in [0.25, 0.3) is 0 Å². The summed E-state index contributed by atoms with van der Waals surface area (Å²) in [5.41, 5.74) is 0.957. The van der Waals surface area contributed by atoms with Crippen LogP contribution in [0.5, 0.6) is 0 Å². The second-order valence-corrected chi connectivity index (χ2v) is 5.84. The largest absolute Gasteiger partial charge is 0.445 e. The molecule has 1 aromatic rings. The van der Waals surface area contributed by atoms with E-state index in [1.54, 1.807) is 11.8 Å². The molecule has 2 amide bonds. The molecule has 120 valence electrons. The summed E-state index contributed by atoms with van der Waals surface area (Å²) in [4.78, 5) is 25.3. The fraction of sp³-hybridized carbons (Fsp3) is 0.529. The highest BCUT2D eigenvalue weighted by Gasteiger charge is 2.28. The highest BCUT2D eigenvalue weighted by molar-refractivity contribution is 5.73. The Morgan fingerprint density at radius 3 is 2.64 bits per heavy atom. The number of nitrogens with one attached hydrogen (secondary N) is 1. The second-order valence-electron chi connectivity index (χ2n) is 5.84. The molecule has 1 aromatic carbocycles. The van der Waals surface area contributed by atoms with Crippen molar-refractivity contribution in [2.45, 2.75) is 39.3 Å². The molecule has 1 fully saturated rings. The summed E-state index contributed by atoms with van der Waals surface area (Å²) in [5, 5.41) is 2.88. The van der Waals surface area contributed by atoms with E-state index in [4.69, 9.17) is 4.74 Å². The summed E-state index contributed by atoms with van der Waals surface area (Å²) >= 11 is 0. The van der Waals surface area contributed by atoms with E-state index in [2.05, 4.69) is 12.2 Å². The number of benzene rings is 1. The minimum absolute atomic E-state index is 0.0362. The lowest BCUT2D eigenvalue weighted by Gasteiger charge is -2.37. The van der Waals surface area contributed by atoms with Crippen LogP contribution in [-0.4, -0.2) is 36.0 Å². The van der Waals surface area contributed by atoms with Crippen molar-refractivity contribution in [3.63, 3.8) is 0 Å². The van der Waals surface area contributed by atoms with Crippen molar-refractivity contribution < 1.29 is 14.3 Å². The van der Waals surface area contributed by atoms with E-state index in [0.29, 0.717) is 12.5 Å². The quantitative estimate of drug-likeness (QED) is 0.930. The summed E-state index contributed by atoms with van der Waals surface area (Å²) in [5.74, 6) is 0.486. The van der Waals surface area contributed by atoms with Crippen molar-refractivity contribution in [1.29, 1.82) is 0 Å². The number of alkyl carbamates (subject to hydrolysis) is 1. The number of piperidine rings is 1. The molecule has 5 heteroatoms. The fourth-order valence-corrected chi connectivity index (χ4v) is 2.79. The van der Waals surface area contributed by atoms with Crippen LogP contribution in [0.1, 0.15) is 32.3 Å². The van der Waals surface area contributed by atoms with Gasteiger partial charge in [-0.25, -0.2) is 4.79 Å². The average Bonchev–Trinajstić information content (AvgIpc) is 2.53. The van der Waals surface area contributed by atoms with Gasteiger partial charge in [-0.15, -0.1) is 0 Å². The maximum absolute atomic E-state index is 11.9. The Morgan fingerprint density at radius 2 is 2.00 bits per heavy atom. The van der Waals surface area contributed by atoms with Crippen LogP contribution in [0.15, 0.2) is 30.3 Å². The van der Waals surface area contributed by atoms with E-state index >= 15 is 0 Å². The van der Waals surface area contributed by atoms with Crippen molar-refractivity contribution in [2.24, 2.45) is 5.92 Å².